The van der Waals surface area contributed by atoms with Gasteiger partial charge in [0.25, 0.3) is 0 Å². The van der Waals surface area contributed by atoms with Crippen molar-refractivity contribution in [3.05, 3.63) is 59.2 Å². The zero-order valence-corrected chi connectivity index (χ0v) is 14.1. The van der Waals surface area contributed by atoms with Gasteiger partial charge >= 0.3 is 0 Å². The summed E-state index contributed by atoms with van der Waals surface area (Å²) in [5.74, 6) is 1.26. The highest BCUT2D eigenvalue weighted by atomic mass is 16.5. The summed E-state index contributed by atoms with van der Waals surface area (Å²) in [5, 5.41) is 0. The molecule has 0 aromatic heterocycles. The lowest BCUT2D eigenvalue weighted by Gasteiger charge is -2.11. The Labute approximate surface area is 138 Å². The van der Waals surface area contributed by atoms with E-state index in [0.717, 1.165) is 12.0 Å². The fraction of sp³-hybridized carbons (Fsp3) is 0.350. The Balaban J connectivity index is 2.01. The monoisotopic (exact) mass is 311 g/mol. The molecule has 0 fully saturated rings. The van der Waals surface area contributed by atoms with Crippen molar-refractivity contribution in [2.45, 2.75) is 46.1 Å². The van der Waals surface area contributed by atoms with Gasteiger partial charge in [0.15, 0.2) is 5.78 Å². The minimum absolute atomic E-state index is 0.120. The van der Waals surface area contributed by atoms with Crippen LogP contribution >= 0.6 is 0 Å². The third-order valence-corrected chi connectivity index (χ3v) is 3.85. The number of hydrogen-bond donors (Lipinski definition) is 1. The molecule has 2 rings (SSSR count). The summed E-state index contributed by atoms with van der Waals surface area (Å²) >= 11 is 0. The highest BCUT2D eigenvalue weighted by Gasteiger charge is 2.08. The van der Waals surface area contributed by atoms with Crippen LogP contribution in [0.1, 0.15) is 61.0 Å². The third kappa shape index (κ3) is 4.59. The van der Waals surface area contributed by atoms with Gasteiger partial charge in [-0.3, -0.25) is 4.79 Å². The Morgan fingerprint density at radius 1 is 1.13 bits per heavy atom. The van der Waals surface area contributed by atoms with Crippen molar-refractivity contribution in [3.63, 3.8) is 0 Å². The molecule has 0 amide bonds. The fourth-order valence-electron chi connectivity index (χ4n) is 2.38. The van der Waals surface area contributed by atoms with Crippen molar-refractivity contribution in [1.29, 1.82) is 0 Å². The number of anilines is 1. The summed E-state index contributed by atoms with van der Waals surface area (Å²) in [4.78, 5) is 11.9. The highest BCUT2D eigenvalue weighted by Crippen LogP contribution is 2.25. The topological polar surface area (TPSA) is 52.3 Å². The second-order valence-corrected chi connectivity index (χ2v) is 6.11. The van der Waals surface area contributed by atoms with Crippen LogP contribution in [0.25, 0.3) is 0 Å². The molecule has 2 N–H and O–H groups in total. The molecule has 0 unspecified atom stereocenters. The minimum Gasteiger partial charge on any atom is -0.487 e. The van der Waals surface area contributed by atoms with Gasteiger partial charge in [0, 0.05) is 12.0 Å². The molecule has 0 spiro atoms. The molecule has 23 heavy (non-hydrogen) atoms. The van der Waals surface area contributed by atoms with Crippen LogP contribution in [0.3, 0.4) is 0 Å². The van der Waals surface area contributed by atoms with E-state index < -0.39 is 0 Å². The first-order valence-electron chi connectivity index (χ1n) is 8.15. The molecule has 0 bridgehead atoms. The smallest absolute Gasteiger partial charge is 0.162 e. The average Bonchev–Trinajstić information content (AvgIpc) is 2.54. The van der Waals surface area contributed by atoms with Crippen LogP contribution in [0.5, 0.6) is 5.75 Å². The lowest BCUT2D eigenvalue weighted by molar-refractivity contribution is 0.0981. The number of rotatable bonds is 7. The Bertz CT molecular complexity index is 660. The Kier molecular flexibility index (Phi) is 5.80. The van der Waals surface area contributed by atoms with E-state index in [9.17, 15) is 4.79 Å². The van der Waals surface area contributed by atoms with Gasteiger partial charge in [-0.1, -0.05) is 45.0 Å². The molecular weight excluding hydrogens is 286 g/mol. The van der Waals surface area contributed by atoms with E-state index in [1.54, 1.807) is 18.2 Å². The number of Topliss-reactive ketones (excluding diaryl/α,β-unsaturated/α-hetero) is 1. The van der Waals surface area contributed by atoms with Crippen molar-refractivity contribution in [1.82, 2.24) is 0 Å². The maximum absolute atomic E-state index is 11.9. The molecule has 0 heterocycles. The van der Waals surface area contributed by atoms with E-state index in [-0.39, 0.29) is 5.78 Å². The second kappa shape index (κ2) is 7.82. The number of carbonyl (C=O) groups is 1. The van der Waals surface area contributed by atoms with Gasteiger partial charge in [-0.15, -0.1) is 0 Å². The first-order chi connectivity index (χ1) is 11.0. The quantitative estimate of drug-likeness (QED) is 0.581. The van der Waals surface area contributed by atoms with Gasteiger partial charge in [0.2, 0.25) is 0 Å². The van der Waals surface area contributed by atoms with E-state index in [1.165, 1.54) is 5.56 Å². The second-order valence-electron chi connectivity index (χ2n) is 6.11. The van der Waals surface area contributed by atoms with Crippen LogP contribution in [-0.4, -0.2) is 5.78 Å². The van der Waals surface area contributed by atoms with E-state index in [1.807, 2.05) is 6.92 Å². The lowest BCUT2D eigenvalue weighted by atomic mass is 10.0. The Morgan fingerprint density at radius 2 is 1.83 bits per heavy atom. The summed E-state index contributed by atoms with van der Waals surface area (Å²) in [6.45, 7) is 6.80. The summed E-state index contributed by atoms with van der Waals surface area (Å²) in [6, 6.07) is 13.7. The predicted molar refractivity (Wildman–Crippen MR) is 95.0 cm³/mol. The summed E-state index contributed by atoms with van der Waals surface area (Å²) < 4.78 is 5.78. The first-order valence-corrected chi connectivity index (χ1v) is 8.15. The van der Waals surface area contributed by atoms with E-state index in [4.69, 9.17) is 10.5 Å². The number of nitrogens with two attached hydrogens (primary N) is 1. The lowest BCUT2D eigenvalue weighted by Crippen LogP contribution is -2.03. The largest absolute Gasteiger partial charge is 0.487 e. The number of nitrogen functional groups attached to an aromatic ring is 1. The van der Waals surface area contributed by atoms with Gasteiger partial charge < -0.3 is 10.5 Å². The molecule has 0 aliphatic carbocycles. The molecule has 0 aliphatic heterocycles. The number of carbonyl (C=O) groups excluding carboxylic acids is 1. The maximum atomic E-state index is 11.9. The number of benzene rings is 2. The number of hydrogen-bond acceptors (Lipinski definition) is 3. The Morgan fingerprint density at radius 3 is 2.39 bits per heavy atom. The molecule has 3 heteroatoms. The fourth-order valence-corrected chi connectivity index (χ4v) is 2.38. The van der Waals surface area contributed by atoms with Crippen molar-refractivity contribution >= 4 is 11.5 Å². The van der Waals surface area contributed by atoms with Crippen LogP contribution in [0.15, 0.2) is 42.5 Å². The first kappa shape index (κ1) is 17.1. The van der Waals surface area contributed by atoms with Crippen LogP contribution in [0.2, 0.25) is 0 Å². The molecule has 0 radical (unpaired) electrons. The molecule has 2 aromatic carbocycles. The van der Waals surface area contributed by atoms with E-state index in [2.05, 4.69) is 38.1 Å². The van der Waals surface area contributed by atoms with Gasteiger partial charge in [-0.05, 0) is 41.7 Å². The average molecular weight is 311 g/mol. The number of ketones is 1. The predicted octanol–water partition coefficient (Wildman–Crippen LogP) is 4.95. The van der Waals surface area contributed by atoms with Crippen LogP contribution in [0.4, 0.5) is 5.69 Å². The highest BCUT2D eigenvalue weighted by molar-refractivity contribution is 5.97. The molecular formula is C20H25NO2. The molecule has 0 saturated carbocycles. The maximum Gasteiger partial charge on any atom is 0.162 e. The van der Waals surface area contributed by atoms with Gasteiger partial charge in [-0.2, -0.15) is 0 Å². The van der Waals surface area contributed by atoms with E-state index >= 15 is 0 Å². The van der Waals surface area contributed by atoms with Crippen molar-refractivity contribution in [2.75, 3.05) is 5.73 Å². The van der Waals surface area contributed by atoms with Crippen molar-refractivity contribution < 1.29 is 9.53 Å². The standard InChI is InChI=1S/C20H25NO2/c1-4-5-19(22)17-10-11-20(18(21)12-17)23-13-15-6-8-16(9-7-15)14(2)3/h6-12,14H,4-5,13,21H2,1-3H3. The van der Waals surface area contributed by atoms with Gasteiger partial charge in [0.1, 0.15) is 12.4 Å². The van der Waals surface area contributed by atoms with E-state index in [0.29, 0.717) is 35.9 Å². The summed E-state index contributed by atoms with van der Waals surface area (Å²) in [5.41, 5.74) is 9.57. The SMILES string of the molecule is CCCC(=O)c1ccc(OCc2ccc(C(C)C)cc2)c(N)c1. The summed E-state index contributed by atoms with van der Waals surface area (Å²) in [7, 11) is 0. The van der Waals surface area contributed by atoms with Gasteiger partial charge in [0.05, 0.1) is 5.69 Å². The zero-order valence-electron chi connectivity index (χ0n) is 14.1. The van der Waals surface area contributed by atoms with Crippen LogP contribution in [0, 0.1) is 0 Å². The summed E-state index contributed by atoms with van der Waals surface area (Å²) in [6.07, 6.45) is 1.38. The number of ether oxygens (including phenoxy) is 1. The molecule has 0 aliphatic rings. The molecule has 122 valence electrons. The normalized spacial score (nSPS) is 10.8. The molecule has 0 atom stereocenters. The molecule has 0 saturated heterocycles. The Hall–Kier alpha value is -2.29. The molecule has 2 aromatic rings. The van der Waals surface area contributed by atoms with Crippen molar-refractivity contribution in [3.8, 4) is 5.75 Å². The zero-order chi connectivity index (χ0) is 16.8. The molecule has 3 nitrogen and oxygen atoms in total. The van der Waals surface area contributed by atoms with Crippen molar-refractivity contribution in [2.24, 2.45) is 0 Å². The minimum atomic E-state index is 0.120. The van der Waals surface area contributed by atoms with Gasteiger partial charge in [-0.25, -0.2) is 0 Å². The van der Waals surface area contributed by atoms with Crippen LogP contribution in [-0.2, 0) is 6.61 Å². The third-order valence-electron chi connectivity index (χ3n) is 3.85. The van der Waals surface area contributed by atoms with Crippen LogP contribution < -0.4 is 10.5 Å².